The fourth-order valence-electron chi connectivity index (χ4n) is 3.57. The Morgan fingerprint density at radius 3 is 2.44 bits per heavy atom. The van der Waals surface area contributed by atoms with Crippen molar-refractivity contribution in [3.05, 3.63) is 83.8 Å². The number of sulfonamides is 1. The second-order valence-electron chi connectivity index (χ2n) is 7.85. The zero-order chi connectivity index (χ0) is 24.4. The highest BCUT2D eigenvalue weighted by molar-refractivity contribution is 7.89. The highest BCUT2D eigenvalue weighted by atomic mass is 32.2. The number of aromatic nitrogens is 2. The molecule has 0 radical (unpaired) electrons. The van der Waals surface area contributed by atoms with Gasteiger partial charge in [0.1, 0.15) is 12.1 Å². The Morgan fingerprint density at radius 2 is 1.74 bits per heavy atom. The molecule has 0 fully saturated rings. The standard InChI is InChI=1S/C25H31N5O3S/c1-3-30(4-2)15-7-13-28-34(32,33)23-11-6-9-21(18-23)16-20-8-5-10-22(17-20)25(31)29-24-12-14-26-19-27-24/h5-6,8-12,14,17-19,28H,3-4,7,13,15-16H2,1-2H3,(H,26,27,29,31). The van der Waals surface area contributed by atoms with Gasteiger partial charge in [0.25, 0.3) is 5.91 Å². The van der Waals surface area contributed by atoms with Crippen molar-refractivity contribution >= 4 is 21.7 Å². The number of amides is 1. The second kappa shape index (κ2) is 12.4. The molecule has 1 amide bonds. The van der Waals surface area contributed by atoms with E-state index in [-0.39, 0.29) is 10.8 Å². The third kappa shape index (κ3) is 7.44. The Bertz CT molecular complexity index is 1180. The van der Waals surface area contributed by atoms with Gasteiger partial charge in [-0.05, 0) is 73.9 Å². The van der Waals surface area contributed by atoms with E-state index < -0.39 is 10.0 Å². The molecule has 180 valence electrons. The molecule has 0 unspecified atom stereocenters. The second-order valence-corrected chi connectivity index (χ2v) is 9.62. The van der Waals surface area contributed by atoms with Crippen molar-refractivity contribution in [2.24, 2.45) is 0 Å². The van der Waals surface area contributed by atoms with E-state index >= 15 is 0 Å². The Labute approximate surface area is 201 Å². The van der Waals surface area contributed by atoms with Crippen LogP contribution in [0.25, 0.3) is 0 Å². The van der Waals surface area contributed by atoms with Gasteiger partial charge in [0.05, 0.1) is 4.90 Å². The summed E-state index contributed by atoms with van der Waals surface area (Å²) in [6.07, 6.45) is 4.18. The summed E-state index contributed by atoms with van der Waals surface area (Å²) in [6, 6.07) is 15.8. The lowest BCUT2D eigenvalue weighted by atomic mass is 10.0. The van der Waals surface area contributed by atoms with Gasteiger partial charge in [-0.3, -0.25) is 4.79 Å². The van der Waals surface area contributed by atoms with Crippen molar-refractivity contribution in [2.45, 2.75) is 31.6 Å². The summed E-state index contributed by atoms with van der Waals surface area (Å²) < 4.78 is 28.2. The van der Waals surface area contributed by atoms with Crippen molar-refractivity contribution < 1.29 is 13.2 Å². The zero-order valence-corrected chi connectivity index (χ0v) is 20.4. The Hall–Kier alpha value is -3.14. The minimum atomic E-state index is -3.59. The van der Waals surface area contributed by atoms with Crippen LogP contribution in [0.15, 0.2) is 72.0 Å². The minimum absolute atomic E-state index is 0.241. The molecule has 9 heteroatoms. The van der Waals surface area contributed by atoms with E-state index in [0.29, 0.717) is 24.3 Å². The van der Waals surface area contributed by atoms with Crippen molar-refractivity contribution in [1.29, 1.82) is 0 Å². The molecule has 0 spiro atoms. The fraction of sp³-hybridized carbons (Fsp3) is 0.320. The lowest BCUT2D eigenvalue weighted by Crippen LogP contribution is -2.30. The molecule has 0 saturated carbocycles. The molecule has 1 heterocycles. The SMILES string of the molecule is CCN(CC)CCCNS(=O)(=O)c1cccc(Cc2cccc(C(=O)Nc3ccncn3)c2)c1. The molecule has 3 aromatic rings. The Kier molecular flexibility index (Phi) is 9.26. The zero-order valence-electron chi connectivity index (χ0n) is 19.6. The normalized spacial score (nSPS) is 11.5. The minimum Gasteiger partial charge on any atom is -0.306 e. The lowest BCUT2D eigenvalue weighted by molar-refractivity contribution is 0.102. The third-order valence-corrected chi connectivity index (χ3v) is 6.93. The van der Waals surface area contributed by atoms with Crippen LogP contribution < -0.4 is 10.0 Å². The maximum Gasteiger partial charge on any atom is 0.256 e. The van der Waals surface area contributed by atoms with Crippen LogP contribution in [0.4, 0.5) is 5.82 Å². The van der Waals surface area contributed by atoms with Crippen LogP contribution in [-0.4, -0.2) is 55.4 Å². The van der Waals surface area contributed by atoms with Crippen LogP contribution in [0.5, 0.6) is 0 Å². The van der Waals surface area contributed by atoms with Gasteiger partial charge in [-0.1, -0.05) is 38.1 Å². The highest BCUT2D eigenvalue weighted by Gasteiger charge is 2.14. The van der Waals surface area contributed by atoms with Gasteiger partial charge in [-0.15, -0.1) is 0 Å². The summed E-state index contributed by atoms with van der Waals surface area (Å²) in [7, 11) is -3.59. The summed E-state index contributed by atoms with van der Waals surface area (Å²) in [4.78, 5) is 22.9. The van der Waals surface area contributed by atoms with Crippen molar-refractivity contribution in [3.8, 4) is 0 Å². The molecule has 0 aliphatic heterocycles. The van der Waals surface area contributed by atoms with E-state index in [9.17, 15) is 13.2 Å². The molecular formula is C25H31N5O3S. The quantitative estimate of drug-likeness (QED) is 0.385. The first-order chi connectivity index (χ1) is 16.4. The van der Waals surface area contributed by atoms with Gasteiger partial charge in [-0.25, -0.2) is 23.1 Å². The topological polar surface area (TPSA) is 104 Å². The summed E-state index contributed by atoms with van der Waals surface area (Å²) in [5.41, 5.74) is 2.24. The lowest BCUT2D eigenvalue weighted by Gasteiger charge is -2.17. The molecule has 3 rings (SSSR count). The highest BCUT2D eigenvalue weighted by Crippen LogP contribution is 2.17. The first-order valence-electron chi connectivity index (χ1n) is 11.4. The molecule has 0 atom stereocenters. The van der Waals surface area contributed by atoms with Crippen molar-refractivity contribution in [2.75, 3.05) is 31.5 Å². The third-order valence-electron chi connectivity index (χ3n) is 5.47. The van der Waals surface area contributed by atoms with Crippen molar-refractivity contribution in [1.82, 2.24) is 19.6 Å². The summed E-state index contributed by atoms with van der Waals surface area (Å²) >= 11 is 0. The van der Waals surface area contributed by atoms with E-state index in [4.69, 9.17) is 0 Å². The molecule has 8 nitrogen and oxygen atoms in total. The van der Waals surface area contributed by atoms with Crippen LogP contribution in [0.1, 0.15) is 41.8 Å². The Balaban J connectivity index is 1.63. The molecule has 34 heavy (non-hydrogen) atoms. The van der Waals surface area contributed by atoms with Crippen molar-refractivity contribution in [3.63, 3.8) is 0 Å². The summed E-state index contributed by atoms with van der Waals surface area (Å²) in [5, 5.41) is 2.74. The van der Waals surface area contributed by atoms with Gasteiger partial charge in [0, 0.05) is 18.3 Å². The molecule has 2 aromatic carbocycles. The smallest absolute Gasteiger partial charge is 0.256 e. The number of anilines is 1. The van der Waals surface area contributed by atoms with Gasteiger partial charge in [0.15, 0.2) is 0 Å². The van der Waals surface area contributed by atoms with E-state index in [1.807, 2.05) is 18.2 Å². The number of rotatable bonds is 12. The average Bonchev–Trinajstić information content (AvgIpc) is 2.85. The summed E-state index contributed by atoms with van der Waals surface area (Å²) in [6.45, 7) is 7.35. The first-order valence-corrected chi connectivity index (χ1v) is 12.9. The molecule has 0 aliphatic carbocycles. The van der Waals surface area contributed by atoms with Crippen LogP contribution in [0.3, 0.4) is 0 Å². The van der Waals surface area contributed by atoms with E-state index in [0.717, 1.165) is 37.2 Å². The largest absolute Gasteiger partial charge is 0.306 e. The maximum absolute atomic E-state index is 12.7. The number of carbonyl (C=O) groups is 1. The molecule has 1 aromatic heterocycles. The number of hydrogen-bond acceptors (Lipinski definition) is 6. The number of carbonyl (C=O) groups excluding carboxylic acids is 1. The summed E-state index contributed by atoms with van der Waals surface area (Å²) in [5.74, 6) is 0.152. The number of nitrogens with zero attached hydrogens (tertiary/aromatic N) is 3. The van der Waals surface area contributed by atoms with E-state index in [2.05, 4.69) is 38.8 Å². The monoisotopic (exact) mass is 481 g/mol. The van der Waals surface area contributed by atoms with E-state index in [1.54, 1.807) is 42.6 Å². The number of nitrogens with one attached hydrogen (secondary N) is 2. The van der Waals surface area contributed by atoms with Gasteiger partial charge in [0.2, 0.25) is 10.0 Å². The van der Waals surface area contributed by atoms with Crippen LogP contribution in [-0.2, 0) is 16.4 Å². The predicted octanol–water partition coefficient (Wildman–Crippen LogP) is 3.33. The van der Waals surface area contributed by atoms with Crippen LogP contribution in [0.2, 0.25) is 0 Å². The molecule has 2 N–H and O–H groups in total. The first kappa shape index (κ1) is 25.5. The number of benzene rings is 2. The maximum atomic E-state index is 12.7. The van der Waals surface area contributed by atoms with Gasteiger partial charge < -0.3 is 10.2 Å². The fourth-order valence-corrected chi connectivity index (χ4v) is 4.71. The molecule has 0 bridgehead atoms. The van der Waals surface area contributed by atoms with E-state index in [1.165, 1.54) is 6.33 Å². The molecular weight excluding hydrogens is 450 g/mol. The molecule has 0 aliphatic rings. The van der Waals surface area contributed by atoms with Crippen LogP contribution >= 0.6 is 0 Å². The van der Waals surface area contributed by atoms with Gasteiger partial charge >= 0.3 is 0 Å². The molecule has 0 saturated heterocycles. The van der Waals surface area contributed by atoms with Crippen LogP contribution in [0, 0.1) is 0 Å². The average molecular weight is 482 g/mol. The predicted molar refractivity (Wildman–Crippen MR) is 133 cm³/mol. The van der Waals surface area contributed by atoms with Gasteiger partial charge in [-0.2, -0.15) is 0 Å². The number of hydrogen-bond donors (Lipinski definition) is 2. The Morgan fingerprint density at radius 1 is 1.00 bits per heavy atom.